The van der Waals surface area contributed by atoms with Crippen LogP contribution in [0.25, 0.3) is 0 Å². The Balaban J connectivity index is 1.58. The number of amides is 1. The Morgan fingerprint density at radius 3 is 3.00 bits per heavy atom. The molecule has 4 nitrogen and oxygen atoms in total. The third-order valence-electron chi connectivity index (χ3n) is 4.87. The van der Waals surface area contributed by atoms with E-state index in [2.05, 4.69) is 4.98 Å². The zero-order valence-corrected chi connectivity index (χ0v) is 12.9. The average Bonchev–Trinajstić information content (AvgIpc) is 3.14. The molecular formula is C15H23N3OS. The fourth-order valence-electron chi connectivity index (χ4n) is 3.88. The highest BCUT2D eigenvalue weighted by Gasteiger charge is 2.40. The number of hydrogen-bond donors (Lipinski definition) is 1. The van der Waals surface area contributed by atoms with Crippen LogP contribution in [0.3, 0.4) is 0 Å². The van der Waals surface area contributed by atoms with Crippen molar-refractivity contribution in [2.75, 3.05) is 20.1 Å². The molecule has 3 rings (SSSR count). The molecule has 2 aliphatic carbocycles. The van der Waals surface area contributed by atoms with Crippen molar-refractivity contribution in [2.45, 2.75) is 32.1 Å². The minimum atomic E-state index is 0.0623. The monoisotopic (exact) mass is 293 g/mol. The molecule has 0 saturated heterocycles. The van der Waals surface area contributed by atoms with E-state index < -0.39 is 0 Å². The van der Waals surface area contributed by atoms with Crippen LogP contribution in [0, 0.1) is 17.8 Å². The van der Waals surface area contributed by atoms with Gasteiger partial charge in [-0.1, -0.05) is 6.42 Å². The molecule has 0 aromatic carbocycles. The van der Waals surface area contributed by atoms with E-state index in [9.17, 15) is 4.79 Å². The lowest BCUT2D eigenvalue weighted by Crippen LogP contribution is -2.34. The van der Waals surface area contributed by atoms with Gasteiger partial charge in [-0.15, -0.1) is 11.3 Å². The molecule has 2 aliphatic rings. The summed E-state index contributed by atoms with van der Waals surface area (Å²) in [7, 11) is 1.91. The zero-order valence-electron chi connectivity index (χ0n) is 12.0. The molecule has 3 atom stereocenters. The molecule has 1 amide bonds. The summed E-state index contributed by atoms with van der Waals surface area (Å²) in [4.78, 5) is 18.7. The number of nitrogens with zero attached hydrogens (tertiary/aromatic N) is 2. The lowest BCUT2D eigenvalue weighted by atomic mass is 9.88. The van der Waals surface area contributed by atoms with Gasteiger partial charge in [0.1, 0.15) is 5.69 Å². The van der Waals surface area contributed by atoms with Crippen molar-refractivity contribution < 1.29 is 4.79 Å². The maximum atomic E-state index is 12.4. The van der Waals surface area contributed by atoms with Crippen molar-refractivity contribution in [1.82, 2.24) is 9.88 Å². The first-order valence-corrected chi connectivity index (χ1v) is 8.45. The van der Waals surface area contributed by atoms with Crippen molar-refractivity contribution in [3.63, 3.8) is 0 Å². The smallest absolute Gasteiger partial charge is 0.273 e. The van der Waals surface area contributed by atoms with Crippen molar-refractivity contribution in [3.8, 4) is 0 Å². The van der Waals surface area contributed by atoms with Gasteiger partial charge in [0, 0.05) is 25.4 Å². The fraction of sp³-hybridized carbons (Fsp3) is 0.733. The maximum absolute atomic E-state index is 12.4. The van der Waals surface area contributed by atoms with E-state index in [-0.39, 0.29) is 5.91 Å². The molecule has 2 bridgehead atoms. The Morgan fingerprint density at radius 2 is 2.35 bits per heavy atom. The minimum Gasteiger partial charge on any atom is -0.340 e. The van der Waals surface area contributed by atoms with Gasteiger partial charge in [0.15, 0.2) is 0 Å². The molecule has 2 saturated carbocycles. The largest absolute Gasteiger partial charge is 0.340 e. The molecule has 0 spiro atoms. The number of aromatic nitrogens is 1. The normalized spacial score (nSPS) is 28.0. The molecular weight excluding hydrogens is 270 g/mol. The van der Waals surface area contributed by atoms with Crippen LogP contribution < -0.4 is 5.73 Å². The first-order valence-electron chi connectivity index (χ1n) is 7.57. The number of hydrogen-bond acceptors (Lipinski definition) is 4. The summed E-state index contributed by atoms with van der Waals surface area (Å²) in [6.07, 6.45) is 6.25. The van der Waals surface area contributed by atoms with E-state index in [1.54, 1.807) is 0 Å². The zero-order chi connectivity index (χ0) is 14.1. The van der Waals surface area contributed by atoms with Gasteiger partial charge in [0.05, 0.1) is 5.01 Å². The Morgan fingerprint density at radius 1 is 1.50 bits per heavy atom. The van der Waals surface area contributed by atoms with Crippen LogP contribution in [0.5, 0.6) is 0 Å². The lowest BCUT2D eigenvalue weighted by molar-refractivity contribution is 0.0749. The van der Waals surface area contributed by atoms with Gasteiger partial charge in [-0.2, -0.15) is 0 Å². The van der Waals surface area contributed by atoms with Gasteiger partial charge >= 0.3 is 0 Å². The lowest BCUT2D eigenvalue weighted by Gasteiger charge is -2.26. The molecule has 1 heterocycles. The van der Waals surface area contributed by atoms with Crippen LogP contribution in [0.4, 0.5) is 0 Å². The Hall–Kier alpha value is -0.940. The van der Waals surface area contributed by atoms with E-state index >= 15 is 0 Å². The molecule has 1 aromatic rings. The molecule has 0 radical (unpaired) electrons. The van der Waals surface area contributed by atoms with Crippen molar-refractivity contribution >= 4 is 17.2 Å². The molecule has 3 unspecified atom stereocenters. The second-order valence-electron chi connectivity index (χ2n) is 6.29. The quantitative estimate of drug-likeness (QED) is 0.905. The van der Waals surface area contributed by atoms with E-state index in [0.29, 0.717) is 18.2 Å². The summed E-state index contributed by atoms with van der Waals surface area (Å²) in [6, 6.07) is 0. The van der Waals surface area contributed by atoms with Crippen molar-refractivity contribution in [1.29, 1.82) is 0 Å². The van der Waals surface area contributed by atoms with Gasteiger partial charge in [0.2, 0.25) is 0 Å². The van der Waals surface area contributed by atoms with Crippen LogP contribution in [-0.2, 0) is 6.42 Å². The standard InChI is InChI=1S/C15H23N3OS/c1-18(8-12-7-10-2-3-11(12)6-10)15(19)13-9-20-14(17-13)4-5-16/h9-12H,2-8,16H2,1H3. The van der Waals surface area contributed by atoms with E-state index in [1.807, 2.05) is 17.3 Å². The van der Waals surface area contributed by atoms with Gasteiger partial charge in [-0.05, 0) is 43.6 Å². The molecule has 110 valence electrons. The van der Waals surface area contributed by atoms with Gasteiger partial charge in [-0.3, -0.25) is 4.79 Å². The minimum absolute atomic E-state index is 0.0623. The van der Waals surface area contributed by atoms with Gasteiger partial charge in [0.25, 0.3) is 5.91 Å². The third kappa shape index (κ3) is 2.74. The van der Waals surface area contributed by atoms with Crippen molar-refractivity contribution in [3.05, 3.63) is 16.1 Å². The Kier molecular flexibility index (Phi) is 4.08. The topological polar surface area (TPSA) is 59.2 Å². The highest BCUT2D eigenvalue weighted by molar-refractivity contribution is 7.09. The highest BCUT2D eigenvalue weighted by atomic mass is 32.1. The van der Waals surface area contributed by atoms with Gasteiger partial charge in [-0.25, -0.2) is 4.98 Å². The second-order valence-corrected chi connectivity index (χ2v) is 7.23. The number of carbonyl (C=O) groups is 1. The number of thiazole rings is 1. The molecule has 5 heteroatoms. The number of fused-ring (bicyclic) bond motifs is 2. The van der Waals surface area contributed by atoms with Crippen LogP contribution in [0.1, 0.15) is 41.2 Å². The van der Waals surface area contributed by atoms with E-state index in [0.717, 1.165) is 29.8 Å². The number of rotatable bonds is 5. The second kappa shape index (κ2) is 5.82. The summed E-state index contributed by atoms with van der Waals surface area (Å²) >= 11 is 1.54. The Bertz CT molecular complexity index is 487. The molecule has 20 heavy (non-hydrogen) atoms. The van der Waals surface area contributed by atoms with Crippen molar-refractivity contribution in [2.24, 2.45) is 23.5 Å². The highest BCUT2D eigenvalue weighted by Crippen LogP contribution is 2.48. The predicted octanol–water partition coefficient (Wildman–Crippen LogP) is 2.15. The predicted molar refractivity (Wildman–Crippen MR) is 80.8 cm³/mol. The fourth-order valence-corrected chi connectivity index (χ4v) is 4.67. The Labute approximate surface area is 124 Å². The van der Waals surface area contributed by atoms with E-state index in [4.69, 9.17) is 5.73 Å². The number of carbonyl (C=O) groups excluding carboxylic acids is 1. The number of nitrogens with two attached hydrogens (primary N) is 1. The molecule has 0 aliphatic heterocycles. The summed E-state index contributed by atoms with van der Waals surface area (Å²) in [6.45, 7) is 1.48. The molecule has 1 aromatic heterocycles. The van der Waals surface area contributed by atoms with Gasteiger partial charge < -0.3 is 10.6 Å². The summed E-state index contributed by atoms with van der Waals surface area (Å²) in [5, 5.41) is 2.83. The maximum Gasteiger partial charge on any atom is 0.273 e. The third-order valence-corrected chi connectivity index (χ3v) is 5.78. The van der Waals surface area contributed by atoms with Crippen LogP contribution in [-0.4, -0.2) is 35.9 Å². The summed E-state index contributed by atoms with van der Waals surface area (Å²) in [5.41, 5.74) is 6.11. The summed E-state index contributed by atoms with van der Waals surface area (Å²) in [5.74, 6) is 2.57. The van der Waals surface area contributed by atoms with E-state index in [1.165, 1.54) is 37.0 Å². The average molecular weight is 293 g/mol. The SMILES string of the molecule is CN(CC1CC2CCC1C2)C(=O)c1csc(CCN)n1. The van der Waals surface area contributed by atoms with Crippen LogP contribution >= 0.6 is 11.3 Å². The molecule has 2 N–H and O–H groups in total. The first kappa shape index (κ1) is 14.0. The first-order chi connectivity index (χ1) is 9.67. The van der Waals surface area contributed by atoms with Crippen LogP contribution in [0.15, 0.2) is 5.38 Å². The molecule has 2 fully saturated rings. The van der Waals surface area contributed by atoms with Crippen LogP contribution in [0.2, 0.25) is 0 Å². The summed E-state index contributed by atoms with van der Waals surface area (Å²) < 4.78 is 0.